The van der Waals surface area contributed by atoms with E-state index in [2.05, 4.69) is 10.3 Å². The predicted molar refractivity (Wildman–Crippen MR) is 70.0 cm³/mol. The van der Waals surface area contributed by atoms with Gasteiger partial charge >= 0.3 is 0 Å². The van der Waals surface area contributed by atoms with E-state index in [-0.39, 0.29) is 12.5 Å². The van der Waals surface area contributed by atoms with E-state index in [1.165, 1.54) is 19.3 Å². The van der Waals surface area contributed by atoms with E-state index in [1.807, 2.05) is 0 Å². The summed E-state index contributed by atoms with van der Waals surface area (Å²) in [6, 6.07) is 1.72. The van der Waals surface area contributed by atoms with Gasteiger partial charge in [0.15, 0.2) is 0 Å². The van der Waals surface area contributed by atoms with Crippen molar-refractivity contribution in [2.24, 2.45) is 5.92 Å². The first kappa shape index (κ1) is 13.0. The second kappa shape index (κ2) is 6.50. The minimum Gasteiger partial charge on any atom is -0.392 e. The SMILES string of the molecule is O=C(CC1CCCCC1)Nc1cnccc1CO. The smallest absolute Gasteiger partial charge is 0.224 e. The van der Waals surface area contributed by atoms with Crippen LogP contribution in [0.1, 0.15) is 44.1 Å². The summed E-state index contributed by atoms with van der Waals surface area (Å²) in [4.78, 5) is 15.9. The van der Waals surface area contributed by atoms with Crippen molar-refractivity contribution in [2.45, 2.75) is 45.1 Å². The number of carbonyl (C=O) groups is 1. The largest absolute Gasteiger partial charge is 0.392 e. The molecule has 0 aliphatic heterocycles. The summed E-state index contributed by atoms with van der Waals surface area (Å²) in [5, 5.41) is 12.0. The average Bonchev–Trinajstić information content (AvgIpc) is 2.40. The van der Waals surface area contributed by atoms with E-state index in [9.17, 15) is 9.90 Å². The number of anilines is 1. The molecule has 0 saturated heterocycles. The van der Waals surface area contributed by atoms with Gasteiger partial charge < -0.3 is 10.4 Å². The van der Waals surface area contributed by atoms with Crippen LogP contribution in [0.3, 0.4) is 0 Å². The van der Waals surface area contributed by atoms with Gasteiger partial charge in [-0.05, 0) is 24.8 Å². The molecule has 1 aliphatic carbocycles. The minimum atomic E-state index is -0.0818. The second-order valence-corrected chi connectivity index (χ2v) is 4.95. The van der Waals surface area contributed by atoms with Crippen LogP contribution in [-0.2, 0) is 11.4 Å². The predicted octanol–water partition coefficient (Wildman–Crippen LogP) is 2.48. The first-order chi connectivity index (χ1) is 8.79. The first-order valence-corrected chi connectivity index (χ1v) is 6.63. The van der Waals surface area contributed by atoms with Gasteiger partial charge in [-0.15, -0.1) is 0 Å². The van der Waals surface area contributed by atoms with Crippen LogP contribution < -0.4 is 5.32 Å². The Morgan fingerprint density at radius 3 is 2.89 bits per heavy atom. The second-order valence-electron chi connectivity index (χ2n) is 4.95. The number of aromatic nitrogens is 1. The molecular weight excluding hydrogens is 228 g/mol. The third-order valence-electron chi connectivity index (χ3n) is 3.55. The maximum atomic E-state index is 11.9. The topological polar surface area (TPSA) is 62.2 Å². The van der Waals surface area contributed by atoms with Crippen LogP contribution in [0, 0.1) is 5.92 Å². The molecule has 0 atom stereocenters. The molecular formula is C14H20N2O2. The Bertz CT molecular complexity index is 401. The van der Waals surface area contributed by atoms with Crippen LogP contribution in [0.2, 0.25) is 0 Å². The summed E-state index contributed by atoms with van der Waals surface area (Å²) >= 11 is 0. The standard InChI is InChI=1S/C14H20N2O2/c17-10-12-6-7-15-9-13(12)16-14(18)8-11-4-2-1-3-5-11/h6-7,9,11,17H,1-5,8,10H2,(H,16,18). The molecule has 0 aromatic carbocycles. The lowest BCUT2D eigenvalue weighted by molar-refractivity contribution is -0.117. The molecule has 4 nitrogen and oxygen atoms in total. The molecule has 0 unspecified atom stereocenters. The lowest BCUT2D eigenvalue weighted by Gasteiger charge is -2.21. The number of aliphatic hydroxyl groups is 1. The van der Waals surface area contributed by atoms with Crippen molar-refractivity contribution in [1.82, 2.24) is 4.98 Å². The number of amides is 1. The highest BCUT2D eigenvalue weighted by Gasteiger charge is 2.17. The third-order valence-corrected chi connectivity index (χ3v) is 3.55. The van der Waals surface area contributed by atoms with Crippen molar-refractivity contribution in [2.75, 3.05) is 5.32 Å². The van der Waals surface area contributed by atoms with Gasteiger partial charge in [0.1, 0.15) is 0 Å². The van der Waals surface area contributed by atoms with E-state index in [1.54, 1.807) is 18.5 Å². The molecule has 2 rings (SSSR count). The average molecular weight is 248 g/mol. The zero-order valence-corrected chi connectivity index (χ0v) is 10.6. The summed E-state index contributed by atoms with van der Waals surface area (Å²) < 4.78 is 0. The fourth-order valence-electron chi connectivity index (χ4n) is 2.53. The number of rotatable bonds is 4. The number of aliphatic hydroxyl groups excluding tert-OH is 1. The molecule has 4 heteroatoms. The van der Waals surface area contributed by atoms with Gasteiger partial charge in [-0.3, -0.25) is 9.78 Å². The molecule has 1 aromatic heterocycles. The van der Waals surface area contributed by atoms with Crippen LogP contribution >= 0.6 is 0 Å². The molecule has 2 N–H and O–H groups in total. The summed E-state index contributed by atoms with van der Waals surface area (Å²) in [6.45, 7) is -0.0818. The molecule has 18 heavy (non-hydrogen) atoms. The summed E-state index contributed by atoms with van der Waals surface area (Å²) in [6.07, 6.45) is 9.89. The number of hydrogen-bond donors (Lipinski definition) is 2. The van der Waals surface area contributed by atoms with Crippen LogP contribution in [-0.4, -0.2) is 16.0 Å². The van der Waals surface area contributed by atoms with Gasteiger partial charge in [0, 0.05) is 18.2 Å². The van der Waals surface area contributed by atoms with E-state index in [0.29, 0.717) is 23.6 Å². The van der Waals surface area contributed by atoms with E-state index >= 15 is 0 Å². The van der Waals surface area contributed by atoms with Crippen molar-refractivity contribution >= 4 is 11.6 Å². The normalized spacial score (nSPS) is 16.5. The van der Waals surface area contributed by atoms with Crippen LogP contribution in [0.15, 0.2) is 18.5 Å². The van der Waals surface area contributed by atoms with Crippen molar-refractivity contribution < 1.29 is 9.90 Å². The maximum Gasteiger partial charge on any atom is 0.224 e. The number of hydrogen-bond acceptors (Lipinski definition) is 3. The van der Waals surface area contributed by atoms with Gasteiger partial charge in [0.2, 0.25) is 5.91 Å². The summed E-state index contributed by atoms with van der Waals surface area (Å²) in [7, 11) is 0. The highest BCUT2D eigenvalue weighted by molar-refractivity contribution is 5.91. The van der Waals surface area contributed by atoms with Crippen molar-refractivity contribution in [3.63, 3.8) is 0 Å². The van der Waals surface area contributed by atoms with E-state index in [4.69, 9.17) is 0 Å². The maximum absolute atomic E-state index is 11.9. The third kappa shape index (κ3) is 3.53. The van der Waals surface area contributed by atoms with Crippen LogP contribution in [0.25, 0.3) is 0 Å². The Kier molecular flexibility index (Phi) is 4.70. The Morgan fingerprint density at radius 1 is 1.39 bits per heavy atom. The molecule has 0 radical (unpaired) electrons. The van der Waals surface area contributed by atoms with Gasteiger partial charge in [-0.1, -0.05) is 19.3 Å². The Labute approximate surface area is 107 Å². The fraction of sp³-hybridized carbons (Fsp3) is 0.571. The molecule has 98 valence electrons. The number of carbonyl (C=O) groups excluding carboxylic acids is 1. The highest BCUT2D eigenvalue weighted by atomic mass is 16.3. The van der Waals surface area contributed by atoms with E-state index < -0.39 is 0 Å². The Balaban J connectivity index is 1.90. The zero-order valence-electron chi connectivity index (χ0n) is 10.6. The Hall–Kier alpha value is -1.42. The number of nitrogens with one attached hydrogen (secondary N) is 1. The van der Waals surface area contributed by atoms with Gasteiger partial charge in [0.05, 0.1) is 18.5 Å². The molecule has 1 fully saturated rings. The van der Waals surface area contributed by atoms with Crippen molar-refractivity contribution in [3.8, 4) is 0 Å². The van der Waals surface area contributed by atoms with Gasteiger partial charge in [-0.25, -0.2) is 0 Å². The van der Waals surface area contributed by atoms with Crippen LogP contribution in [0.5, 0.6) is 0 Å². The van der Waals surface area contributed by atoms with Gasteiger partial charge in [-0.2, -0.15) is 0 Å². The number of nitrogens with zero attached hydrogens (tertiary/aromatic N) is 1. The molecule has 1 aromatic rings. The summed E-state index contributed by atoms with van der Waals surface area (Å²) in [5.74, 6) is 0.553. The molecule has 0 spiro atoms. The Morgan fingerprint density at radius 2 is 2.17 bits per heavy atom. The molecule has 1 aliphatic rings. The minimum absolute atomic E-state index is 0.0320. The van der Waals surface area contributed by atoms with Crippen LogP contribution in [0.4, 0.5) is 5.69 Å². The number of pyridine rings is 1. The quantitative estimate of drug-likeness (QED) is 0.860. The first-order valence-electron chi connectivity index (χ1n) is 6.63. The zero-order chi connectivity index (χ0) is 12.8. The highest BCUT2D eigenvalue weighted by Crippen LogP contribution is 2.26. The van der Waals surface area contributed by atoms with Gasteiger partial charge in [0.25, 0.3) is 0 Å². The van der Waals surface area contributed by atoms with E-state index in [0.717, 1.165) is 12.8 Å². The molecule has 1 heterocycles. The lowest BCUT2D eigenvalue weighted by atomic mass is 9.87. The molecule has 1 amide bonds. The monoisotopic (exact) mass is 248 g/mol. The van der Waals surface area contributed by atoms with Crippen molar-refractivity contribution in [3.05, 3.63) is 24.0 Å². The lowest BCUT2D eigenvalue weighted by Crippen LogP contribution is -2.19. The fourth-order valence-corrected chi connectivity index (χ4v) is 2.53. The van der Waals surface area contributed by atoms with Crippen molar-refractivity contribution in [1.29, 1.82) is 0 Å². The summed E-state index contributed by atoms with van der Waals surface area (Å²) in [5.41, 5.74) is 1.34. The molecule has 0 bridgehead atoms. The molecule has 1 saturated carbocycles.